The number of benzene rings is 1. The highest BCUT2D eigenvalue weighted by Crippen LogP contribution is 2.19. The number of fused-ring (bicyclic) bond motifs is 1. The molecule has 1 aromatic heterocycles. The van der Waals surface area contributed by atoms with E-state index in [1.807, 2.05) is 30.5 Å². The second-order valence-electron chi connectivity index (χ2n) is 6.83. The molecule has 0 aliphatic carbocycles. The molecule has 0 amide bonds. The molecule has 2 rings (SSSR count). The fourth-order valence-corrected chi connectivity index (χ4v) is 3.27. The summed E-state index contributed by atoms with van der Waals surface area (Å²) in [7, 11) is 0. The van der Waals surface area contributed by atoms with Gasteiger partial charge in [-0.05, 0) is 25.0 Å². The molecule has 0 saturated carbocycles. The van der Waals surface area contributed by atoms with Gasteiger partial charge in [-0.3, -0.25) is 10.4 Å². The molecule has 0 unspecified atom stereocenters. The van der Waals surface area contributed by atoms with E-state index in [9.17, 15) is 0 Å². The minimum Gasteiger partial charge on any atom is -0.357 e. The molecular weight excluding hydrogens is 306 g/mol. The Labute approximate surface area is 153 Å². The lowest BCUT2D eigenvalue weighted by Crippen LogP contribution is -2.33. The van der Waals surface area contributed by atoms with E-state index < -0.39 is 0 Å². The Morgan fingerprint density at radius 1 is 0.880 bits per heavy atom. The van der Waals surface area contributed by atoms with Crippen molar-refractivity contribution in [3.8, 4) is 0 Å². The maximum atomic E-state index is 8.83. The van der Waals surface area contributed by atoms with Crippen molar-refractivity contribution in [2.45, 2.75) is 65.2 Å². The molecule has 0 atom stereocenters. The topological polar surface area (TPSA) is 40.0 Å². The molecule has 3 heteroatoms. The van der Waals surface area contributed by atoms with Gasteiger partial charge in [0.15, 0.2) is 0 Å². The summed E-state index contributed by atoms with van der Waals surface area (Å²) in [6, 6.07) is 10.1. The first-order valence-electron chi connectivity index (χ1n) is 9.95. The molecule has 1 heterocycles. The summed E-state index contributed by atoms with van der Waals surface area (Å²) in [5, 5.41) is 9.91. The van der Waals surface area contributed by atoms with Crippen molar-refractivity contribution in [2.75, 3.05) is 13.1 Å². The Morgan fingerprint density at radius 2 is 1.52 bits per heavy atom. The Bertz CT molecular complexity index is 633. The van der Waals surface area contributed by atoms with Crippen LogP contribution in [0.15, 0.2) is 36.5 Å². The molecule has 1 N–H and O–H groups in total. The quantitative estimate of drug-likeness (QED) is 0.309. The summed E-state index contributed by atoms with van der Waals surface area (Å²) in [6.07, 6.45) is 11.8. The zero-order valence-corrected chi connectivity index (χ0v) is 15.9. The summed E-state index contributed by atoms with van der Waals surface area (Å²) >= 11 is 0. The second kappa shape index (κ2) is 10.9. The first kappa shape index (κ1) is 19.4. The number of aromatic nitrogens is 1. The molecule has 0 bridgehead atoms. The summed E-state index contributed by atoms with van der Waals surface area (Å²) in [5.74, 6) is 0.659. The van der Waals surface area contributed by atoms with E-state index in [2.05, 4.69) is 29.8 Å². The van der Waals surface area contributed by atoms with Gasteiger partial charge in [0.25, 0.3) is 0 Å². The molecule has 0 radical (unpaired) electrons. The van der Waals surface area contributed by atoms with Crippen LogP contribution in [0.3, 0.4) is 0 Å². The Kier molecular flexibility index (Phi) is 8.44. The van der Waals surface area contributed by atoms with Crippen LogP contribution in [0.5, 0.6) is 0 Å². The second-order valence-corrected chi connectivity index (χ2v) is 6.83. The van der Waals surface area contributed by atoms with Crippen LogP contribution in [-0.4, -0.2) is 28.8 Å². The normalized spacial score (nSPS) is 11.0. The van der Waals surface area contributed by atoms with Crippen LogP contribution in [0.4, 0.5) is 0 Å². The minimum absolute atomic E-state index is 0.659. The highest BCUT2D eigenvalue weighted by atomic mass is 15.2. The number of rotatable bonds is 11. The van der Waals surface area contributed by atoms with Gasteiger partial charge < -0.3 is 4.90 Å². The molecule has 0 spiro atoms. The van der Waals surface area contributed by atoms with Crippen molar-refractivity contribution in [1.82, 2.24) is 9.88 Å². The van der Waals surface area contributed by atoms with E-state index >= 15 is 0 Å². The van der Waals surface area contributed by atoms with Crippen LogP contribution < -0.4 is 0 Å². The maximum Gasteiger partial charge on any atom is 0.128 e. The molecule has 0 saturated heterocycles. The highest BCUT2D eigenvalue weighted by Gasteiger charge is 2.14. The van der Waals surface area contributed by atoms with Crippen molar-refractivity contribution in [1.29, 1.82) is 5.41 Å². The molecule has 1 aromatic carbocycles. The third-order valence-electron chi connectivity index (χ3n) is 4.78. The molecule has 136 valence electrons. The van der Waals surface area contributed by atoms with Crippen molar-refractivity contribution >= 4 is 16.7 Å². The van der Waals surface area contributed by atoms with E-state index in [1.54, 1.807) is 0 Å². The number of hydrogen-bond donors (Lipinski definition) is 1. The first-order valence-corrected chi connectivity index (χ1v) is 9.95. The minimum atomic E-state index is 0.659. The molecule has 3 nitrogen and oxygen atoms in total. The van der Waals surface area contributed by atoms with Crippen molar-refractivity contribution in [3.63, 3.8) is 0 Å². The van der Waals surface area contributed by atoms with E-state index in [4.69, 9.17) is 5.41 Å². The van der Waals surface area contributed by atoms with Crippen LogP contribution in [0.1, 0.15) is 70.8 Å². The number of unbranched alkanes of at least 4 members (excludes halogenated alkanes) is 6. The highest BCUT2D eigenvalue weighted by molar-refractivity contribution is 6.07. The smallest absolute Gasteiger partial charge is 0.128 e. The monoisotopic (exact) mass is 339 g/mol. The fourth-order valence-electron chi connectivity index (χ4n) is 3.27. The van der Waals surface area contributed by atoms with E-state index in [0.717, 1.165) is 29.6 Å². The van der Waals surface area contributed by atoms with E-state index in [0.29, 0.717) is 5.84 Å². The third-order valence-corrected chi connectivity index (χ3v) is 4.78. The van der Waals surface area contributed by atoms with Gasteiger partial charge in [-0.2, -0.15) is 0 Å². The summed E-state index contributed by atoms with van der Waals surface area (Å²) in [4.78, 5) is 6.73. The van der Waals surface area contributed by atoms with Gasteiger partial charge in [-0.25, -0.2) is 0 Å². The lowest BCUT2D eigenvalue weighted by atomic mass is 10.1. The number of nitrogens with one attached hydrogen (secondary N) is 1. The van der Waals surface area contributed by atoms with Crippen LogP contribution in [-0.2, 0) is 0 Å². The van der Waals surface area contributed by atoms with Crippen molar-refractivity contribution < 1.29 is 0 Å². The maximum absolute atomic E-state index is 8.83. The van der Waals surface area contributed by atoms with Crippen LogP contribution >= 0.6 is 0 Å². The Morgan fingerprint density at radius 3 is 2.16 bits per heavy atom. The van der Waals surface area contributed by atoms with Gasteiger partial charge in [0.05, 0.1) is 5.52 Å². The van der Waals surface area contributed by atoms with E-state index in [1.165, 1.54) is 51.4 Å². The number of pyridine rings is 1. The van der Waals surface area contributed by atoms with Gasteiger partial charge in [0, 0.05) is 30.2 Å². The van der Waals surface area contributed by atoms with Gasteiger partial charge in [0.2, 0.25) is 0 Å². The molecular formula is C22H33N3. The molecule has 0 fully saturated rings. The SMILES string of the molecule is CCCCCCN(CCCCCC)C(=N)c1ccnc2ccccc12. The summed E-state index contributed by atoms with van der Waals surface area (Å²) < 4.78 is 0. The first-order chi connectivity index (χ1) is 12.3. The standard InChI is InChI=1S/C22H33N3/c1-3-5-7-11-17-25(18-12-8-6-4-2)22(23)20-15-16-24-21-14-10-9-13-19(20)21/h9-10,13-16,23H,3-8,11-12,17-18H2,1-2H3. The number of amidine groups is 1. The van der Waals surface area contributed by atoms with Gasteiger partial charge in [-0.15, -0.1) is 0 Å². The van der Waals surface area contributed by atoms with E-state index in [-0.39, 0.29) is 0 Å². The summed E-state index contributed by atoms with van der Waals surface area (Å²) in [6.45, 7) is 6.46. The number of hydrogen-bond acceptors (Lipinski definition) is 2. The lowest BCUT2D eigenvalue weighted by molar-refractivity contribution is 0.385. The van der Waals surface area contributed by atoms with Crippen LogP contribution in [0.25, 0.3) is 10.9 Å². The molecule has 25 heavy (non-hydrogen) atoms. The average Bonchev–Trinajstić information content (AvgIpc) is 2.66. The largest absolute Gasteiger partial charge is 0.357 e. The predicted molar refractivity (Wildman–Crippen MR) is 108 cm³/mol. The van der Waals surface area contributed by atoms with Crippen LogP contribution in [0, 0.1) is 5.41 Å². The van der Waals surface area contributed by atoms with Crippen molar-refractivity contribution in [2.24, 2.45) is 0 Å². The van der Waals surface area contributed by atoms with Gasteiger partial charge in [0.1, 0.15) is 5.84 Å². The van der Waals surface area contributed by atoms with Crippen LogP contribution in [0.2, 0.25) is 0 Å². The summed E-state index contributed by atoms with van der Waals surface area (Å²) in [5.41, 5.74) is 1.98. The number of nitrogens with zero attached hydrogens (tertiary/aromatic N) is 2. The number of para-hydroxylation sites is 1. The molecule has 0 aliphatic heterocycles. The lowest BCUT2D eigenvalue weighted by Gasteiger charge is -2.26. The predicted octanol–water partition coefficient (Wildman–Crippen LogP) is 6.02. The Hall–Kier alpha value is -1.90. The van der Waals surface area contributed by atoms with Crippen molar-refractivity contribution in [3.05, 3.63) is 42.1 Å². The van der Waals surface area contributed by atoms with Gasteiger partial charge in [-0.1, -0.05) is 70.6 Å². The molecule has 2 aromatic rings. The van der Waals surface area contributed by atoms with Gasteiger partial charge >= 0.3 is 0 Å². The average molecular weight is 340 g/mol. The third kappa shape index (κ3) is 5.84. The Balaban J connectivity index is 2.11. The zero-order valence-electron chi connectivity index (χ0n) is 15.9. The zero-order chi connectivity index (χ0) is 17.9. The fraction of sp³-hybridized carbons (Fsp3) is 0.545. The molecule has 0 aliphatic rings.